The lowest BCUT2D eigenvalue weighted by atomic mass is 10.00. The monoisotopic (exact) mass is 290 g/mol. The van der Waals surface area contributed by atoms with E-state index in [1.54, 1.807) is 0 Å². The lowest BCUT2D eigenvalue weighted by Gasteiger charge is -2.23. The Bertz CT molecular complexity index is 921. The molecule has 0 aliphatic carbocycles. The number of pyridine rings is 1. The minimum atomic E-state index is 0.625. The predicted molar refractivity (Wildman–Crippen MR) is 87.0 cm³/mol. The van der Waals surface area contributed by atoms with Gasteiger partial charge in [0.1, 0.15) is 12.6 Å². The van der Waals surface area contributed by atoms with Crippen LogP contribution in [0.2, 0.25) is 0 Å². The Labute approximate surface area is 128 Å². The second-order valence-corrected chi connectivity index (χ2v) is 5.46. The molecule has 2 aromatic heterocycles. The molecule has 22 heavy (non-hydrogen) atoms. The Morgan fingerprint density at radius 3 is 3.00 bits per heavy atom. The molecule has 4 rings (SSSR count). The molecular formula is C18H16N3O+. The average Bonchev–Trinajstić information content (AvgIpc) is 2.92. The van der Waals surface area contributed by atoms with Crippen LogP contribution in [0.4, 0.5) is 5.69 Å². The van der Waals surface area contributed by atoms with Gasteiger partial charge in [0.2, 0.25) is 17.7 Å². The van der Waals surface area contributed by atoms with E-state index >= 15 is 0 Å². The molecule has 0 unspecified atom stereocenters. The summed E-state index contributed by atoms with van der Waals surface area (Å²) in [6.07, 6.45) is 10.0. The van der Waals surface area contributed by atoms with Crippen molar-refractivity contribution in [2.75, 3.05) is 11.9 Å². The van der Waals surface area contributed by atoms with Gasteiger partial charge in [0.25, 0.3) is 0 Å². The molecule has 0 saturated carbocycles. The predicted octanol–water partition coefficient (Wildman–Crippen LogP) is 3.16. The lowest BCUT2D eigenvalue weighted by molar-refractivity contribution is -0.670. The molecule has 4 nitrogen and oxygen atoms in total. The fourth-order valence-corrected chi connectivity index (χ4v) is 2.70. The molecule has 3 aromatic rings. The molecule has 0 radical (unpaired) electrons. The van der Waals surface area contributed by atoms with Crippen LogP contribution in [0.25, 0.3) is 22.7 Å². The number of benzene rings is 1. The summed E-state index contributed by atoms with van der Waals surface area (Å²) in [4.78, 5) is 6.65. The smallest absolute Gasteiger partial charge is 0.220 e. The number of aromatic nitrogens is 2. The molecule has 0 atom stereocenters. The van der Waals surface area contributed by atoms with E-state index in [9.17, 15) is 0 Å². The number of oxazole rings is 1. The molecule has 0 N–H and O–H groups in total. The minimum Gasteiger partial charge on any atom is -0.430 e. The quantitative estimate of drug-likeness (QED) is 0.645. The van der Waals surface area contributed by atoms with E-state index in [-0.39, 0.29) is 0 Å². The van der Waals surface area contributed by atoms with Gasteiger partial charge in [0, 0.05) is 36.6 Å². The summed E-state index contributed by atoms with van der Waals surface area (Å²) < 4.78 is 7.79. The fourth-order valence-electron chi connectivity index (χ4n) is 2.70. The average molecular weight is 290 g/mol. The van der Waals surface area contributed by atoms with Crippen LogP contribution in [-0.2, 0) is 7.05 Å². The molecule has 1 aliphatic heterocycles. The Kier molecular flexibility index (Phi) is 2.82. The van der Waals surface area contributed by atoms with Crippen molar-refractivity contribution in [3.63, 3.8) is 0 Å². The summed E-state index contributed by atoms with van der Waals surface area (Å²) in [6.45, 7) is 0. The first kappa shape index (κ1) is 12.8. The van der Waals surface area contributed by atoms with Crippen molar-refractivity contribution in [1.82, 2.24) is 4.98 Å². The van der Waals surface area contributed by atoms with E-state index in [1.807, 2.05) is 55.3 Å². The van der Waals surface area contributed by atoms with Gasteiger partial charge in [-0.05, 0) is 17.7 Å². The maximum atomic E-state index is 5.84. The standard InChI is InChI=1S/C18H16N3O/c1-20-9-8-15-17(12-20)22-18(19-15)11-13-7-10-21(2)16-6-4-3-5-14(13)16/h3-12H,1-2H3/q+1. The largest absolute Gasteiger partial charge is 0.430 e. The van der Waals surface area contributed by atoms with Crippen molar-refractivity contribution in [3.8, 4) is 0 Å². The van der Waals surface area contributed by atoms with Gasteiger partial charge in [-0.3, -0.25) is 0 Å². The highest BCUT2D eigenvalue weighted by Crippen LogP contribution is 2.33. The van der Waals surface area contributed by atoms with Crippen molar-refractivity contribution in [3.05, 3.63) is 66.5 Å². The zero-order chi connectivity index (χ0) is 15.1. The van der Waals surface area contributed by atoms with Gasteiger partial charge in [0.05, 0.1) is 0 Å². The first-order valence-corrected chi connectivity index (χ1v) is 7.19. The van der Waals surface area contributed by atoms with Crippen molar-refractivity contribution in [1.29, 1.82) is 0 Å². The number of hydrogen-bond donors (Lipinski definition) is 0. The maximum Gasteiger partial charge on any atom is 0.220 e. The van der Waals surface area contributed by atoms with Crippen molar-refractivity contribution in [2.45, 2.75) is 0 Å². The van der Waals surface area contributed by atoms with E-state index in [2.05, 4.69) is 34.3 Å². The highest BCUT2D eigenvalue weighted by atomic mass is 16.3. The molecule has 1 aliphatic rings. The SMILES string of the molecule is CN1C=C/C(=C\c2nc3cc[n+](C)cc3o2)c2ccccc21. The summed E-state index contributed by atoms with van der Waals surface area (Å²) in [5.74, 6) is 0.625. The number of rotatable bonds is 1. The van der Waals surface area contributed by atoms with Crippen LogP contribution in [0.5, 0.6) is 0 Å². The topological polar surface area (TPSA) is 33.2 Å². The molecular weight excluding hydrogens is 274 g/mol. The van der Waals surface area contributed by atoms with Crippen molar-refractivity contribution in [2.24, 2.45) is 7.05 Å². The third-order valence-electron chi connectivity index (χ3n) is 3.84. The fraction of sp³-hybridized carbons (Fsp3) is 0.111. The van der Waals surface area contributed by atoms with Crippen LogP contribution < -0.4 is 9.47 Å². The Balaban J connectivity index is 1.83. The molecule has 4 heteroatoms. The summed E-state index contributed by atoms with van der Waals surface area (Å²) in [6, 6.07) is 10.3. The normalized spacial score (nSPS) is 15.5. The molecule has 0 bridgehead atoms. The van der Waals surface area contributed by atoms with Crippen LogP contribution in [0, 0.1) is 0 Å². The Hall–Kier alpha value is -2.88. The number of allylic oxidation sites excluding steroid dienone is 2. The minimum absolute atomic E-state index is 0.625. The van der Waals surface area contributed by atoms with Crippen LogP contribution in [0.15, 0.2) is 59.4 Å². The Morgan fingerprint density at radius 1 is 1.23 bits per heavy atom. The van der Waals surface area contributed by atoms with Gasteiger partial charge in [-0.25, -0.2) is 9.55 Å². The van der Waals surface area contributed by atoms with E-state index in [1.165, 1.54) is 11.3 Å². The summed E-state index contributed by atoms with van der Waals surface area (Å²) >= 11 is 0. The summed E-state index contributed by atoms with van der Waals surface area (Å²) in [5.41, 5.74) is 5.13. The van der Waals surface area contributed by atoms with Crippen LogP contribution in [0.1, 0.15) is 11.5 Å². The van der Waals surface area contributed by atoms with Gasteiger partial charge in [0.15, 0.2) is 6.20 Å². The van der Waals surface area contributed by atoms with Crippen LogP contribution in [-0.4, -0.2) is 12.0 Å². The van der Waals surface area contributed by atoms with Crippen LogP contribution in [0.3, 0.4) is 0 Å². The first-order chi connectivity index (χ1) is 10.7. The molecule has 0 spiro atoms. The Morgan fingerprint density at radius 2 is 2.09 bits per heavy atom. The zero-order valence-corrected chi connectivity index (χ0v) is 12.5. The molecule has 3 heterocycles. The van der Waals surface area contributed by atoms with Gasteiger partial charge < -0.3 is 9.32 Å². The molecule has 0 fully saturated rings. The highest BCUT2D eigenvalue weighted by molar-refractivity contribution is 5.94. The second kappa shape index (κ2) is 4.84. The molecule has 1 aromatic carbocycles. The van der Waals surface area contributed by atoms with E-state index < -0.39 is 0 Å². The third kappa shape index (κ3) is 2.09. The zero-order valence-electron chi connectivity index (χ0n) is 12.5. The molecule has 108 valence electrons. The third-order valence-corrected chi connectivity index (χ3v) is 3.84. The van der Waals surface area contributed by atoms with Gasteiger partial charge in [-0.1, -0.05) is 18.2 Å². The van der Waals surface area contributed by atoms with E-state index in [4.69, 9.17) is 4.42 Å². The van der Waals surface area contributed by atoms with Gasteiger partial charge in [-0.15, -0.1) is 0 Å². The lowest BCUT2D eigenvalue weighted by Crippen LogP contribution is -2.25. The second-order valence-electron chi connectivity index (χ2n) is 5.46. The number of anilines is 1. The van der Waals surface area contributed by atoms with Crippen molar-refractivity contribution < 1.29 is 8.98 Å². The maximum absolute atomic E-state index is 5.84. The summed E-state index contributed by atoms with van der Waals surface area (Å²) in [7, 11) is 4.02. The summed E-state index contributed by atoms with van der Waals surface area (Å²) in [5, 5.41) is 0. The number of fused-ring (bicyclic) bond motifs is 2. The van der Waals surface area contributed by atoms with E-state index in [0.29, 0.717) is 5.89 Å². The van der Waals surface area contributed by atoms with Crippen molar-refractivity contribution >= 4 is 28.4 Å². The van der Waals surface area contributed by atoms with Crippen LogP contribution >= 0.6 is 0 Å². The highest BCUT2D eigenvalue weighted by Gasteiger charge is 2.14. The number of aryl methyl sites for hydroxylation is 1. The van der Waals surface area contributed by atoms with Gasteiger partial charge >= 0.3 is 0 Å². The molecule has 0 amide bonds. The molecule has 0 saturated heterocycles. The van der Waals surface area contributed by atoms with Gasteiger partial charge in [-0.2, -0.15) is 0 Å². The number of para-hydroxylation sites is 1. The number of nitrogens with zero attached hydrogens (tertiary/aromatic N) is 3. The first-order valence-electron chi connectivity index (χ1n) is 7.19. The number of hydrogen-bond acceptors (Lipinski definition) is 3. The van der Waals surface area contributed by atoms with E-state index in [0.717, 1.165) is 16.7 Å².